The number of amides is 2. The zero-order valence-electron chi connectivity index (χ0n) is 18.6. The van der Waals surface area contributed by atoms with Gasteiger partial charge in [0.15, 0.2) is 11.5 Å². The molecular weight excluding hydrogens is 557 g/mol. The number of imide groups is 1. The fourth-order valence-electron chi connectivity index (χ4n) is 3.41. The van der Waals surface area contributed by atoms with E-state index in [0.29, 0.717) is 28.6 Å². The van der Waals surface area contributed by atoms with Gasteiger partial charge in [0, 0.05) is 10.0 Å². The lowest BCUT2D eigenvalue weighted by Crippen LogP contribution is -2.27. The van der Waals surface area contributed by atoms with Crippen LogP contribution in [0.25, 0.3) is 6.08 Å². The lowest BCUT2D eigenvalue weighted by Gasteiger charge is -2.14. The highest BCUT2D eigenvalue weighted by molar-refractivity contribution is 9.10. The summed E-state index contributed by atoms with van der Waals surface area (Å²) in [5.74, 6) is 0.0279. The van der Waals surface area contributed by atoms with Crippen LogP contribution in [0.3, 0.4) is 0 Å². The van der Waals surface area contributed by atoms with Gasteiger partial charge in [-0.3, -0.25) is 14.5 Å². The number of halogens is 3. The summed E-state index contributed by atoms with van der Waals surface area (Å²) in [6, 6.07) is 17.0. The van der Waals surface area contributed by atoms with E-state index < -0.39 is 5.82 Å². The fourth-order valence-corrected chi connectivity index (χ4v) is 4.87. The van der Waals surface area contributed by atoms with Crippen LogP contribution in [0, 0.1) is 5.82 Å². The third kappa shape index (κ3) is 5.89. The largest absolute Gasteiger partial charge is 0.490 e. The van der Waals surface area contributed by atoms with E-state index in [1.54, 1.807) is 30.3 Å². The summed E-state index contributed by atoms with van der Waals surface area (Å²) in [5, 5.41) is -0.0541. The van der Waals surface area contributed by atoms with Crippen LogP contribution < -0.4 is 9.47 Å². The topological polar surface area (TPSA) is 55.8 Å². The molecule has 1 heterocycles. The second-order valence-electron chi connectivity index (χ2n) is 7.49. The summed E-state index contributed by atoms with van der Waals surface area (Å²) in [5.41, 5.74) is 1.75. The number of thioether (sulfide) groups is 1. The molecule has 0 spiro atoms. The van der Waals surface area contributed by atoms with Gasteiger partial charge in [0.25, 0.3) is 11.1 Å². The molecule has 3 aromatic rings. The van der Waals surface area contributed by atoms with Gasteiger partial charge in [-0.05, 0) is 66.2 Å². The first-order valence-corrected chi connectivity index (χ1v) is 12.7. The molecule has 4 rings (SSSR count). The summed E-state index contributed by atoms with van der Waals surface area (Å²) < 4.78 is 26.4. The summed E-state index contributed by atoms with van der Waals surface area (Å²) in [6.07, 6.45) is 1.64. The van der Waals surface area contributed by atoms with Crippen LogP contribution in [-0.4, -0.2) is 22.7 Å². The van der Waals surface area contributed by atoms with Crippen molar-refractivity contribution in [3.05, 3.63) is 97.6 Å². The quantitative estimate of drug-likeness (QED) is 0.261. The van der Waals surface area contributed by atoms with Crippen molar-refractivity contribution < 1.29 is 23.5 Å². The minimum absolute atomic E-state index is 0.0706. The van der Waals surface area contributed by atoms with Crippen molar-refractivity contribution in [3.63, 3.8) is 0 Å². The highest BCUT2D eigenvalue weighted by Crippen LogP contribution is 2.36. The van der Waals surface area contributed by atoms with Crippen LogP contribution in [0.5, 0.6) is 11.5 Å². The molecular formula is C26H20BrClFNO4S. The molecule has 1 aliphatic heterocycles. The maximum absolute atomic E-state index is 14.1. The fraction of sp³-hybridized carbons (Fsp3) is 0.154. The van der Waals surface area contributed by atoms with Gasteiger partial charge in [0.05, 0.1) is 23.1 Å². The van der Waals surface area contributed by atoms with Gasteiger partial charge in [0.2, 0.25) is 0 Å². The molecule has 0 aliphatic carbocycles. The highest BCUT2D eigenvalue weighted by Gasteiger charge is 2.35. The Hall–Kier alpha value is -2.81. The average molecular weight is 577 g/mol. The molecule has 3 aromatic carbocycles. The molecule has 35 heavy (non-hydrogen) atoms. The Morgan fingerprint density at radius 1 is 1.06 bits per heavy atom. The highest BCUT2D eigenvalue weighted by atomic mass is 79.9. The standard InChI is InChI=1S/C26H20BrClFNO4S/c1-2-33-23-12-16(10-11-22(23)34-15-18-20(28)8-5-9-21(18)29)13-24-25(31)30(26(32)35-24)14-17-6-3-4-7-19(17)27/h3-13H,2,14-15H2,1H3/b24-13-. The first kappa shape index (κ1) is 25.3. The predicted molar refractivity (Wildman–Crippen MR) is 139 cm³/mol. The number of carbonyl (C=O) groups is 2. The lowest BCUT2D eigenvalue weighted by atomic mass is 10.1. The molecule has 0 aromatic heterocycles. The van der Waals surface area contributed by atoms with E-state index in [2.05, 4.69) is 15.9 Å². The summed E-state index contributed by atoms with van der Waals surface area (Å²) in [7, 11) is 0. The molecule has 0 atom stereocenters. The van der Waals surface area contributed by atoms with Crippen molar-refractivity contribution in [1.82, 2.24) is 4.90 Å². The SMILES string of the molecule is CCOc1cc(/C=C2\SC(=O)N(Cc3ccccc3Br)C2=O)ccc1OCc1c(F)cccc1Cl. The molecule has 2 amide bonds. The Bertz CT molecular complexity index is 1300. The third-order valence-corrected chi connectivity index (χ3v) is 7.19. The Morgan fingerprint density at radius 3 is 2.60 bits per heavy atom. The monoisotopic (exact) mass is 575 g/mol. The van der Waals surface area contributed by atoms with Crippen molar-refractivity contribution in [3.8, 4) is 11.5 Å². The zero-order chi connectivity index (χ0) is 24.9. The Balaban J connectivity index is 1.53. The zero-order valence-corrected chi connectivity index (χ0v) is 21.8. The van der Waals surface area contributed by atoms with Crippen LogP contribution in [0.2, 0.25) is 5.02 Å². The Morgan fingerprint density at radius 2 is 1.86 bits per heavy atom. The molecule has 0 saturated carbocycles. The molecule has 0 bridgehead atoms. The van der Waals surface area contributed by atoms with Gasteiger partial charge in [0.1, 0.15) is 12.4 Å². The maximum Gasteiger partial charge on any atom is 0.293 e. The smallest absolute Gasteiger partial charge is 0.293 e. The number of nitrogens with zero attached hydrogens (tertiary/aromatic N) is 1. The van der Waals surface area contributed by atoms with E-state index in [9.17, 15) is 14.0 Å². The number of benzene rings is 3. The molecule has 1 saturated heterocycles. The van der Waals surface area contributed by atoms with Crippen molar-refractivity contribution in [1.29, 1.82) is 0 Å². The summed E-state index contributed by atoms with van der Waals surface area (Å²) in [4.78, 5) is 27.0. The predicted octanol–water partition coefficient (Wildman–Crippen LogP) is 7.46. The number of carbonyl (C=O) groups excluding carboxylic acids is 2. The summed E-state index contributed by atoms with van der Waals surface area (Å²) >= 11 is 10.4. The Labute approximate surface area is 220 Å². The normalized spacial score (nSPS) is 14.6. The number of ether oxygens (including phenoxy) is 2. The van der Waals surface area contributed by atoms with Gasteiger partial charge in [-0.1, -0.05) is 57.9 Å². The minimum Gasteiger partial charge on any atom is -0.490 e. The molecule has 0 radical (unpaired) electrons. The van der Waals surface area contributed by atoms with E-state index in [4.69, 9.17) is 21.1 Å². The van der Waals surface area contributed by atoms with Crippen LogP contribution in [0.15, 0.2) is 70.0 Å². The second kappa shape index (κ2) is 11.3. The molecule has 0 N–H and O–H groups in total. The number of hydrogen-bond donors (Lipinski definition) is 0. The molecule has 9 heteroatoms. The molecule has 0 unspecified atom stereocenters. The Kier molecular flexibility index (Phi) is 8.15. The van der Waals surface area contributed by atoms with Crippen LogP contribution in [0.4, 0.5) is 9.18 Å². The van der Waals surface area contributed by atoms with Gasteiger partial charge < -0.3 is 9.47 Å². The van der Waals surface area contributed by atoms with E-state index in [1.807, 2.05) is 31.2 Å². The van der Waals surface area contributed by atoms with E-state index in [-0.39, 0.29) is 34.9 Å². The van der Waals surface area contributed by atoms with Crippen LogP contribution >= 0.6 is 39.3 Å². The maximum atomic E-state index is 14.1. The molecule has 1 aliphatic rings. The summed E-state index contributed by atoms with van der Waals surface area (Å²) in [6.45, 7) is 2.32. The van der Waals surface area contributed by atoms with Crippen LogP contribution in [-0.2, 0) is 17.9 Å². The van der Waals surface area contributed by atoms with Gasteiger partial charge in [-0.15, -0.1) is 0 Å². The van der Waals surface area contributed by atoms with Crippen molar-refractivity contribution in [2.75, 3.05) is 6.61 Å². The second-order valence-corrected chi connectivity index (χ2v) is 9.74. The van der Waals surface area contributed by atoms with Crippen molar-refractivity contribution >= 4 is 56.5 Å². The molecule has 1 fully saturated rings. The average Bonchev–Trinajstić information content (AvgIpc) is 3.09. The van der Waals surface area contributed by atoms with E-state index in [1.165, 1.54) is 17.0 Å². The van der Waals surface area contributed by atoms with Gasteiger partial charge in [-0.25, -0.2) is 4.39 Å². The first-order chi connectivity index (χ1) is 16.9. The number of hydrogen-bond acceptors (Lipinski definition) is 5. The number of rotatable bonds is 8. The van der Waals surface area contributed by atoms with Gasteiger partial charge in [-0.2, -0.15) is 0 Å². The van der Waals surface area contributed by atoms with E-state index >= 15 is 0 Å². The van der Waals surface area contributed by atoms with Crippen LogP contribution in [0.1, 0.15) is 23.6 Å². The van der Waals surface area contributed by atoms with Crippen molar-refractivity contribution in [2.45, 2.75) is 20.1 Å². The minimum atomic E-state index is -0.453. The third-order valence-electron chi connectivity index (χ3n) is 5.16. The first-order valence-electron chi connectivity index (χ1n) is 10.7. The van der Waals surface area contributed by atoms with Crippen molar-refractivity contribution in [2.24, 2.45) is 0 Å². The lowest BCUT2D eigenvalue weighted by molar-refractivity contribution is -0.123. The van der Waals surface area contributed by atoms with Gasteiger partial charge >= 0.3 is 0 Å². The molecule has 5 nitrogen and oxygen atoms in total. The molecule has 180 valence electrons. The van der Waals surface area contributed by atoms with E-state index in [0.717, 1.165) is 21.8 Å².